The Balaban J connectivity index is 2.24. The van der Waals surface area contributed by atoms with Gasteiger partial charge < -0.3 is 14.8 Å². The van der Waals surface area contributed by atoms with E-state index in [1.54, 1.807) is 0 Å². The third-order valence-electron chi connectivity index (χ3n) is 1.97. The molecule has 0 aliphatic carbocycles. The van der Waals surface area contributed by atoms with Crippen molar-refractivity contribution in [2.24, 2.45) is 5.92 Å². The second-order valence-corrected chi connectivity index (χ2v) is 4.50. The first-order valence-corrected chi connectivity index (χ1v) is 6.26. The molecule has 0 amide bonds. The Labute approximate surface area is 112 Å². The zero-order valence-electron chi connectivity index (χ0n) is 10.9. The van der Waals surface area contributed by atoms with Crippen molar-refractivity contribution in [2.45, 2.75) is 20.3 Å². The zero-order valence-corrected chi connectivity index (χ0v) is 11.7. The molecule has 0 radical (unpaired) electrons. The van der Waals surface area contributed by atoms with Gasteiger partial charge in [0.25, 0.3) is 0 Å². The molecule has 1 aromatic heterocycles. The van der Waals surface area contributed by atoms with Crippen LogP contribution in [0.3, 0.4) is 0 Å². The third-order valence-corrected chi connectivity index (χ3v) is 2.14. The Morgan fingerprint density at radius 2 is 2.06 bits per heavy atom. The summed E-state index contributed by atoms with van der Waals surface area (Å²) >= 11 is 5.72. The molecule has 102 valence electrons. The average Bonchev–Trinajstić information content (AvgIpc) is 2.32. The zero-order chi connectivity index (χ0) is 13.4. The molecule has 0 aliphatic heterocycles. The molecular formula is C11H19ClN4O2. The van der Waals surface area contributed by atoms with E-state index in [-0.39, 0.29) is 11.3 Å². The van der Waals surface area contributed by atoms with Gasteiger partial charge in [0.2, 0.25) is 11.2 Å². The molecule has 1 N–H and O–H groups in total. The smallest absolute Gasteiger partial charge is 0.322 e. The van der Waals surface area contributed by atoms with Crippen LogP contribution in [0.1, 0.15) is 20.3 Å². The molecule has 0 spiro atoms. The van der Waals surface area contributed by atoms with E-state index in [9.17, 15) is 0 Å². The fraction of sp³-hybridized carbons (Fsp3) is 0.727. The average molecular weight is 275 g/mol. The molecule has 7 heteroatoms. The van der Waals surface area contributed by atoms with E-state index in [1.807, 2.05) is 0 Å². The Morgan fingerprint density at radius 3 is 2.72 bits per heavy atom. The van der Waals surface area contributed by atoms with Crippen molar-refractivity contribution in [1.82, 2.24) is 15.0 Å². The topological polar surface area (TPSA) is 69.2 Å². The molecule has 0 unspecified atom stereocenters. The molecule has 0 bridgehead atoms. The normalized spacial score (nSPS) is 10.7. The number of aromatic nitrogens is 3. The van der Waals surface area contributed by atoms with Gasteiger partial charge in [0.1, 0.15) is 0 Å². The Hall–Kier alpha value is -1.14. The third kappa shape index (κ3) is 5.97. The summed E-state index contributed by atoms with van der Waals surface area (Å²) in [7, 11) is 1.48. The van der Waals surface area contributed by atoms with Crippen molar-refractivity contribution in [2.75, 3.05) is 32.2 Å². The van der Waals surface area contributed by atoms with E-state index in [0.717, 1.165) is 13.0 Å². The maximum atomic E-state index is 5.72. The molecule has 0 aromatic carbocycles. The minimum Gasteiger partial charge on any atom is -0.467 e. The van der Waals surface area contributed by atoms with Gasteiger partial charge in [0.05, 0.1) is 7.11 Å². The highest BCUT2D eigenvalue weighted by molar-refractivity contribution is 6.28. The SMILES string of the molecule is COc1nc(Cl)nc(NCCCOCC(C)C)n1. The monoisotopic (exact) mass is 274 g/mol. The lowest BCUT2D eigenvalue weighted by molar-refractivity contribution is 0.110. The largest absolute Gasteiger partial charge is 0.467 e. The number of halogens is 1. The van der Waals surface area contributed by atoms with Crippen LogP contribution in [0.15, 0.2) is 0 Å². The van der Waals surface area contributed by atoms with E-state index >= 15 is 0 Å². The van der Waals surface area contributed by atoms with Crippen LogP contribution in [0.5, 0.6) is 6.01 Å². The van der Waals surface area contributed by atoms with Gasteiger partial charge in [-0.15, -0.1) is 0 Å². The first kappa shape index (κ1) is 14.9. The van der Waals surface area contributed by atoms with Crippen molar-refractivity contribution in [3.8, 4) is 6.01 Å². The van der Waals surface area contributed by atoms with Gasteiger partial charge in [-0.1, -0.05) is 13.8 Å². The second-order valence-electron chi connectivity index (χ2n) is 4.16. The lowest BCUT2D eigenvalue weighted by Crippen LogP contribution is -2.11. The molecule has 1 aromatic rings. The predicted molar refractivity (Wildman–Crippen MR) is 70.2 cm³/mol. The molecule has 0 saturated carbocycles. The van der Waals surface area contributed by atoms with Crippen molar-refractivity contribution >= 4 is 17.5 Å². The van der Waals surface area contributed by atoms with Crippen molar-refractivity contribution in [3.63, 3.8) is 0 Å². The summed E-state index contributed by atoms with van der Waals surface area (Å²) in [6, 6.07) is 0.202. The highest BCUT2D eigenvalue weighted by atomic mass is 35.5. The van der Waals surface area contributed by atoms with E-state index in [0.29, 0.717) is 25.0 Å². The number of nitrogens with one attached hydrogen (secondary N) is 1. The summed E-state index contributed by atoms with van der Waals surface area (Å²) in [5.41, 5.74) is 0. The molecule has 18 heavy (non-hydrogen) atoms. The van der Waals surface area contributed by atoms with Crippen molar-refractivity contribution in [3.05, 3.63) is 5.28 Å². The highest BCUT2D eigenvalue weighted by Crippen LogP contribution is 2.10. The molecule has 0 saturated heterocycles. The molecule has 1 heterocycles. The first-order valence-electron chi connectivity index (χ1n) is 5.89. The Bertz CT molecular complexity index is 363. The number of rotatable bonds is 8. The van der Waals surface area contributed by atoms with Crippen LogP contribution < -0.4 is 10.1 Å². The van der Waals surface area contributed by atoms with Gasteiger partial charge >= 0.3 is 6.01 Å². The summed E-state index contributed by atoms with van der Waals surface area (Å²) in [4.78, 5) is 11.7. The van der Waals surface area contributed by atoms with Gasteiger partial charge in [0.15, 0.2) is 0 Å². The number of hydrogen-bond acceptors (Lipinski definition) is 6. The van der Waals surface area contributed by atoms with Gasteiger partial charge in [-0.05, 0) is 23.9 Å². The second kappa shape index (κ2) is 8.05. The molecule has 1 rings (SSSR count). The predicted octanol–water partition coefficient (Wildman–Crippen LogP) is 2.01. The molecule has 0 fully saturated rings. The summed E-state index contributed by atoms with van der Waals surface area (Å²) < 4.78 is 10.4. The van der Waals surface area contributed by atoms with E-state index < -0.39 is 0 Å². The van der Waals surface area contributed by atoms with Crippen LogP contribution in [0.4, 0.5) is 5.95 Å². The van der Waals surface area contributed by atoms with E-state index in [1.165, 1.54) is 7.11 Å². The van der Waals surface area contributed by atoms with Gasteiger partial charge in [-0.3, -0.25) is 0 Å². The maximum Gasteiger partial charge on any atom is 0.322 e. The van der Waals surface area contributed by atoms with Crippen molar-refractivity contribution in [1.29, 1.82) is 0 Å². The lowest BCUT2D eigenvalue weighted by atomic mass is 10.2. The molecular weight excluding hydrogens is 256 g/mol. The fourth-order valence-electron chi connectivity index (χ4n) is 1.20. The molecule has 6 nitrogen and oxygen atoms in total. The highest BCUT2D eigenvalue weighted by Gasteiger charge is 2.04. The minimum absolute atomic E-state index is 0.111. The standard InChI is InChI=1S/C11H19ClN4O2/c1-8(2)7-18-6-4-5-13-10-14-9(12)15-11(16-10)17-3/h8H,4-7H2,1-3H3,(H,13,14,15,16). The Kier molecular flexibility index (Phi) is 6.67. The summed E-state index contributed by atoms with van der Waals surface area (Å²) in [6.45, 7) is 6.45. The quantitative estimate of drug-likeness (QED) is 0.732. The van der Waals surface area contributed by atoms with Gasteiger partial charge in [-0.25, -0.2) is 0 Å². The minimum atomic E-state index is 0.111. The summed E-state index contributed by atoms with van der Waals surface area (Å²) in [6.07, 6.45) is 0.873. The van der Waals surface area contributed by atoms with Gasteiger partial charge in [-0.2, -0.15) is 15.0 Å². The van der Waals surface area contributed by atoms with Crippen LogP contribution in [-0.4, -0.2) is 41.8 Å². The van der Waals surface area contributed by atoms with Crippen LogP contribution in [0.2, 0.25) is 5.28 Å². The summed E-state index contributed by atoms with van der Waals surface area (Å²) in [5, 5.41) is 3.15. The first-order chi connectivity index (χ1) is 8.61. The van der Waals surface area contributed by atoms with Crippen LogP contribution >= 0.6 is 11.6 Å². The number of ether oxygens (including phenoxy) is 2. The molecule has 0 atom stereocenters. The molecule has 0 aliphatic rings. The fourth-order valence-corrected chi connectivity index (χ4v) is 1.35. The number of nitrogens with zero attached hydrogens (tertiary/aromatic N) is 3. The number of hydrogen-bond donors (Lipinski definition) is 1. The van der Waals surface area contributed by atoms with Crippen molar-refractivity contribution < 1.29 is 9.47 Å². The Morgan fingerprint density at radius 1 is 1.28 bits per heavy atom. The summed E-state index contributed by atoms with van der Waals surface area (Å²) in [5.74, 6) is 0.972. The van der Waals surface area contributed by atoms with Crippen LogP contribution in [-0.2, 0) is 4.74 Å². The van der Waals surface area contributed by atoms with Crippen LogP contribution in [0, 0.1) is 5.92 Å². The van der Waals surface area contributed by atoms with E-state index in [4.69, 9.17) is 21.1 Å². The maximum absolute atomic E-state index is 5.72. The van der Waals surface area contributed by atoms with Crippen LogP contribution in [0.25, 0.3) is 0 Å². The van der Waals surface area contributed by atoms with Gasteiger partial charge in [0, 0.05) is 19.8 Å². The number of anilines is 1. The van der Waals surface area contributed by atoms with E-state index in [2.05, 4.69) is 34.1 Å². The number of methoxy groups -OCH3 is 1. The lowest BCUT2D eigenvalue weighted by Gasteiger charge is -2.08.